The Morgan fingerprint density at radius 3 is 1.50 bits per heavy atom. The molecule has 0 aliphatic heterocycles. The molecule has 0 unspecified atom stereocenters. The largest absolute Gasteiger partial charge is 0.496 e. The Hall–Kier alpha value is -1.01. The molecule has 2 aromatic rings. The van der Waals surface area contributed by atoms with Crippen molar-refractivity contribution in [2.75, 3.05) is 14.2 Å². The molecule has 0 atom stereocenters. The molecule has 0 saturated heterocycles. The fraction of sp³-hybridized carbons (Fsp3) is 0.143. The zero-order valence-corrected chi connectivity index (χ0v) is 11.7. The van der Waals surface area contributed by atoms with E-state index in [1.54, 1.807) is 26.0 Å². The third kappa shape index (κ3) is 3.49. The Morgan fingerprint density at radius 2 is 1.11 bits per heavy atom. The molecular formula is C14H14LiO2S. The zero-order chi connectivity index (χ0) is 12.1. The molecule has 0 fully saturated rings. The Kier molecular flexibility index (Phi) is 6.21. The van der Waals surface area contributed by atoms with E-state index in [4.69, 9.17) is 9.47 Å². The second-order valence-electron chi connectivity index (χ2n) is 3.40. The SMILES string of the molecule is COc1ccccc1Sc1ccccc1OC.[Li]. The van der Waals surface area contributed by atoms with Crippen LogP contribution in [-0.4, -0.2) is 33.1 Å². The van der Waals surface area contributed by atoms with Gasteiger partial charge in [-0.2, -0.15) is 0 Å². The van der Waals surface area contributed by atoms with Gasteiger partial charge in [-0.1, -0.05) is 36.0 Å². The standard InChI is InChI=1S/C14H14O2S.Li/c1-15-11-7-3-5-9-13(11)17-14-10-6-4-8-12(14)16-2;/h3-10H,1-2H3;. The molecule has 0 aliphatic carbocycles. The van der Waals surface area contributed by atoms with Crippen LogP contribution < -0.4 is 9.47 Å². The van der Waals surface area contributed by atoms with Gasteiger partial charge in [0.05, 0.1) is 24.0 Å². The van der Waals surface area contributed by atoms with Crippen molar-refractivity contribution in [3.63, 3.8) is 0 Å². The molecule has 89 valence electrons. The summed E-state index contributed by atoms with van der Waals surface area (Å²) < 4.78 is 10.7. The quantitative estimate of drug-likeness (QED) is 0.777. The predicted octanol–water partition coefficient (Wildman–Crippen LogP) is 3.47. The monoisotopic (exact) mass is 253 g/mol. The summed E-state index contributed by atoms with van der Waals surface area (Å²) in [5.74, 6) is 1.76. The molecule has 2 rings (SSSR count). The molecule has 0 saturated carbocycles. The molecule has 4 heteroatoms. The van der Waals surface area contributed by atoms with Gasteiger partial charge in [-0.05, 0) is 24.3 Å². The van der Waals surface area contributed by atoms with Crippen molar-refractivity contribution in [3.8, 4) is 11.5 Å². The van der Waals surface area contributed by atoms with E-state index in [9.17, 15) is 0 Å². The van der Waals surface area contributed by atoms with Crippen LogP contribution in [0, 0.1) is 0 Å². The van der Waals surface area contributed by atoms with E-state index in [2.05, 4.69) is 0 Å². The Labute approximate surface area is 124 Å². The van der Waals surface area contributed by atoms with Crippen LogP contribution in [-0.2, 0) is 0 Å². The van der Waals surface area contributed by atoms with Gasteiger partial charge in [-0.3, -0.25) is 0 Å². The van der Waals surface area contributed by atoms with E-state index in [0.717, 1.165) is 21.3 Å². The van der Waals surface area contributed by atoms with Crippen molar-refractivity contribution >= 4 is 30.6 Å². The average Bonchev–Trinajstić information content (AvgIpc) is 2.40. The third-order valence-corrected chi connectivity index (χ3v) is 3.47. The Morgan fingerprint density at radius 1 is 0.722 bits per heavy atom. The summed E-state index contributed by atoms with van der Waals surface area (Å²) in [6, 6.07) is 15.9. The Balaban J connectivity index is 0.00000162. The summed E-state index contributed by atoms with van der Waals surface area (Å²) in [6.07, 6.45) is 0. The van der Waals surface area contributed by atoms with Crippen LogP contribution in [0.3, 0.4) is 0 Å². The average molecular weight is 253 g/mol. The maximum absolute atomic E-state index is 5.33. The minimum atomic E-state index is 0. The fourth-order valence-electron chi connectivity index (χ4n) is 1.52. The van der Waals surface area contributed by atoms with E-state index >= 15 is 0 Å². The maximum atomic E-state index is 5.33. The molecule has 18 heavy (non-hydrogen) atoms. The summed E-state index contributed by atoms with van der Waals surface area (Å²) in [4.78, 5) is 2.17. The smallest absolute Gasteiger partial charge is 0.132 e. The van der Waals surface area contributed by atoms with Crippen molar-refractivity contribution in [1.82, 2.24) is 0 Å². The van der Waals surface area contributed by atoms with Crippen LogP contribution >= 0.6 is 11.8 Å². The molecule has 0 spiro atoms. The first kappa shape index (κ1) is 15.0. The molecule has 0 amide bonds. The minimum absolute atomic E-state index is 0. The minimum Gasteiger partial charge on any atom is -0.496 e. The molecular weight excluding hydrogens is 239 g/mol. The molecule has 0 heterocycles. The summed E-state index contributed by atoms with van der Waals surface area (Å²) in [5.41, 5.74) is 0. The molecule has 0 aromatic heterocycles. The Bertz CT molecular complexity index is 457. The van der Waals surface area contributed by atoms with Crippen molar-refractivity contribution in [1.29, 1.82) is 0 Å². The van der Waals surface area contributed by atoms with Gasteiger partial charge in [0, 0.05) is 18.9 Å². The van der Waals surface area contributed by atoms with Gasteiger partial charge in [0.25, 0.3) is 0 Å². The van der Waals surface area contributed by atoms with Gasteiger partial charge >= 0.3 is 0 Å². The molecule has 0 N–H and O–H groups in total. The van der Waals surface area contributed by atoms with Crippen LogP contribution in [0.2, 0.25) is 0 Å². The van der Waals surface area contributed by atoms with Gasteiger partial charge in [-0.15, -0.1) is 0 Å². The van der Waals surface area contributed by atoms with E-state index < -0.39 is 0 Å². The van der Waals surface area contributed by atoms with Gasteiger partial charge in [0.15, 0.2) is 0 Å². The van der Waals surface area contributed by atoms with Gasteiger partial charge in [0.1, 0.15) is 11.5 Å². The van der Waals surface area contributed by atoms with Crippen LogP contribution in [0.5, 0.6) is 11.5 Å². The second-order valence-corrected chi connectivity index (χ2v) is 4.49. The van der Waals surface area contributed by atoms with E-state index in [1.165, 1.54) is 0 Å². The van der Waals surface area contributed by atoms with E-state index in [0.29, 0.717) is 0 Å². The summed E-state index contributed by atoms with van der Waals surface area (Å²) in [5, 5.41) is 0. The molecule has 0 aliphatic rings. The number of hydrogen-bond acceptors (Lipinski definition) is 3. The predicted molar refractivity (Wildman–Crippen MR) is 75.9 cm³/mol. The van der Waals surface area contributed by atoms with Crippen LogP contribution in [0.25, 0.3) is 0 Å². The topological polar surface area (TPSA) is 18.5 Å². The second kappa shape index (κ2) is 7.43. The van der Waals surface area contributed by atoms with Crippen molar-refractivity contribution in [2.45, 2.75) is 9.79 Å². The van der Waals surface area contributed by atoms with E-state index in [-0.39, 0.29) is 18.9 Å². The van der Waals surface area contributed by atoms with Gasteiger partial charge in [0.2, 0.25) is 0 Å². The summed E-state index contributed by atoms with van der Waals surface area (Å²) in [6.45, 7) is 0. The van der Waals surface area contributed by atoms with Gasteiger partial charge < -0.3 is 9.47 Å². The summed E-state index contributed by atoms with van der Waals surface area (Å²) in [7, 11) is 3.36. The van der Waals surface area contributed by atoms with Crippen LogP contribution in [0.4, 0.5) is 0 Å². The molecule has 0 bridgehead atoms. The fourth-order valence-corrected chi connectivity index (χ4v) is 2.56. The van der Waals surface area contributed by atoms with Crippen LogP contribution in [0.1, 0.15) is 0 Å². The first-order chi connectivity index (χ1) is 8.35. The number of rotatable bonds is 4. The molecule has 2 nitrogen and oxygen atoms in total. The number of benzene rings is 2. The maximum Gasteiger partial charge on any atom is 0.132 e. The summed E-state index contributed by atoms with van der Waals surface area (Å²) >= 11 is 1.64. The zero-order valence-electron chi connectivity index (χ0n) is 10.8. The normalized spacial score (nSPS) is 9.44. The van der Waals surface area contributed by atoms with E-state index in [1.807, 2.05) is 48.5 Å². The molecule has 2 aromatic carbocycles. The first-order valence-corrected chi connectivity index (χ1v) is 6.10. The third-order valence-electron chi connectivity index (χ3n) is 2.36. The molecule has 1 radical (unpaired) electrons. The van der Waals surface area contributed by atoms with Crippen molar-refractivity contribution < 1.29 is 9.47 Å². The van der Waals surface area contributed by atoms with Crippen molar-refractivity contribution in [2.24, 2.45) is 0 Å². The first-order valence-electron chi connectivity index (χ1n) is 5.29. The number of methoxy groups -OCH3 is 2. The van der Waals surface area contributed by atoms with Crippen molar-refractivity contribution in [3.05, 3.63) is 48.5 Å². The van der Waals surface area contributed by atoms with Crippen LogP contribution in [0.15, 0.2) is 58.3 Å². The number of ether oxygens (including phenoxy) is 2. The van der Waals surface area contributed by atoms with Gasteiger partial charge in [-0.25, -0.2) is 0 Å². The number of hydrogen-bond donors (Lipinski definition) is 0. The number of para-hydroxylation sites is 2.